The maximum Gasteiger partial charge on any atom is 0.227 e. The molecule has 2 aromatic rings. The molecular weight excluding hydrogens is 278 g/mol. The number of benzene rings is 2. The van der Waals surface area contributed by atoms with E-state index in [0.717, 1.165) is 11.1 Å². The number of hydrogen-bond donors (Lipinski definition) is 0. The van der Waals surface area contributed by atoms with E-state index in [9.17, 15) is 4.79 Å². The summed E-state index contributed by atoms with van der Waals surface area (Å²) in [6, 6.07) is 15.4. The fourth-order valence-corrected chi connectivity index (χ4v) is 2.26. The molecular formula is C18H21NO3. The van der Waals surface area contributed by atoms with Crippen LogP contribution in [0.5, 0.6) is 11.5 Å². The van der Waals surface area contributed by atoms with Crippen LogP contribution in [0.25, 0.3) is 0 Å². The predicted molar refractivity (Wildman–Crippen MR) is 86.2 cm³/mol. The minimum Gasteiger partial charge on any atom is -0.497 e. The Morgan fingerprint density at radius 1 is 1.05 bits per heavy atom. The Labute approximate surface area is 131 Å². The minimum atomic E-state index is 0.0374. The van der Waals surface area contributed by atoms with Crippen molar-refractivity contribution in [3.8, 4) is 11.5 Å². The average molecular weight is 299 g/mol. The third-order valence-corrected chi connectivity index (χ3v) is 3.52. The Kier molecular flexibility index (Phi) is 5.42. The lowest BCUT2D eigenvalue weighted by molar-refractivity contribution is -0.129. The van der Waals surface area contributed by atoms with Crippen molar-refractivity contribution in [3.05, 3.63) is 59.7 Å². The van der Waals surface area contributed by atoms with Gasteiger partial charge in [0.25, 0.3) is 0 Å². The molecule has 2 rings (SSSR count). The highest BCUT2D eigenvalue weighted by Gasteiger charge is 2.14. The van der Waals surface area contributed by atoms with Crippen molar-refractivity contribution in [1.82, 2.24) is 4.90 Å². The van der Waals surface area contributed by atoms with Gasteiger partial charge in [-0.15, -0.1) is 0 Å². The van der Waals surface area contributed by atoms with Crippen LogP contribution in [-0.2, 0) is 17.8 Å². The zero-order valence-corrected chi connectivity index (χ0v) is 13.2. The number of nitrogens with zero attached hydrogens (tertiary/aromatic N) is 1. The van der Waals surface area contributed by atoms with Crippen molar-refractivity contribution in [2.45, 2.75) is 13.0 Å². The van der Waals surface area contributed by atoms with Crippen LogP contribution in [0.3, 0.4) is 0 Å². The van der Waals surface area contributed by atoms with Crippen LogP contribution in [0.1, 0.15) is 11.1 Å². The summed E-state index contributed by atoms with van der Waals surface area (Å²) < 4.78 is 10.5. The van der Waals surface area contributed by atoms with Crippen molar-refractivity contribution < 1.29 is 14.3 Å². The molecule has 1 amide bonds. The molecule has 0 atom stereocenters. The Morgan fingerprint density at radius 3 is 2.41 bits per heavy atom. The van der Waals surface area contributed by atoms with Gasteiger partial charge in [0.2, 0.25) is 5.91 Å². The summed E-state index contributed by atoms with van der Waals surface area (Å²) in [6.45, 7) is 0.589. The van der Waals surface area contributed by atoms with Gasteiger partial charge in [-0.25, -0.2) is 0 Å². The van der Waals surface area contributed by atoms with Crippen LogP contribution >= 0.6 is 0 Å². The Bertz CT molecular complexity index is 625. The first-order valence-corrected chi connectivity index (χ1v) is 7.13. The predicted octanol–water partition coefficient (Wildman–Crippen LogP) is 2.90. The zero-order valence-electron chi connectivity index (χ0n) is 13.2. The summed E-state index contributed by atoms with van der Waals surface area (Å²) >= 11 is 0. The Balaban J connectivity index is 2.07. The van der Waals surface area contributed by atoms with Gasteiger partial charge < -0.3 is 14.4 Å². The van der Waals surface area contributed by atoms with E-state index >= 15 is 0 Å². The van der Waals surface area contributed by atoms with Crippen LogP contribution in [0.4, 0.5) is 0 Å². The van der Waals surface area contributed by atoms with Gasteiger partial charge in [0.1, 0.15) is 11.5 Å². The third-order valence-electron chi connectivity index (χ3n) is 3.52. The van der Waals surface area contributed by atoms with E-state index < -0.39 is 0 Å². The molecule has 0 bridgehead atoms. The molecule has 0 N–H and O–H groups in total. The highest BCUT2D eigenvalue weighted by molar-refractivity contribution is 5.79. The lowest BCUT2D eigenvalue weighted by Crippen LogP contribution is -2.27. The number of carbonyl (C=O) groups excluding carboxylic acids is 1. The van der Waals surface area contributed by atoms with Gasteiger partial charge >= 0.3 is 0 Å². The van der Waals surface area contributed by atoms with Crippen molar-refractivity contribution in [2.24, 2.45) is 0 Å². The van der Waals surface area contributed by atoms with E-state index in [1.807, 2.05) is 55.6 Å². The maximum absolute atomic E-state index is 12.4. The highest BCUT2D eigenvalue weighted by Crippen LogP contribution is 2.24. The van der Waals surface area contributed by atoms with Gasteiger partial charge in [-0.3, -0.25) is 4.79 Å². The van der Waals surface area contributed by atoms with E-state index in [-0.39, 0.29) is 12.3 Å². The second-order valence-corrected chi connectivity index (χ2v) is 5.09. The van der Waals surface area contributed by atoms with E-state index in [1.54, 1.807) is 19.1 Å². The van der Waals surface area contributed by atoms with Crippen molar-refractivity contribution in [1.29, 1.82) is 0 Å². The normalized spacial score (nSPS) is 10.1. The number of methoxy groups -OCH3 is 2. The van der Waals surface area contributed by atoms with Gasteiger partial charge in [0.15, 0.2) is 0 Å². The summed E-state index contributed by atoms with van der Waals surface area (Å²) in [5.74, 6) is 1.45. The SMILES string of the molecule is COc1ccc(OC)c(CC(=O)N(C)Cc2ccccc2)c1. The van der Waals surface area contributed by atoms with Crippen LogP contribution < -0.4 is 9.47 Å². The second kappa shape index (κ2) is 7.50. The monoisotopic (exact) mass is 299 g/mol. The van der Waals surface area contributed by atoms with Crippen LogP contribution in [0.15, 0.2) is 48.5 Å². The summed E-state index contributed by atoms with van der Waals surface area (Å²) in [7, 11) is 5.01. The molecule has 0 radical (unpaired) electrons. The van der Waals surface area contributed by atoms with Crippen molar-refractivity contribution in [3.63, 3.8) is 0 Å². The molecule has 0 unspecified atom stereocenters. The van der Waals surface area contributed by atoms with Gasteiger partial charge in [-0.2, -0.15) is 0 Å². The molecule has 116 valence electrons. The highest BCUT2D eigenvalue weighted by atomic mass is 16.5. The number of carbonyl (C=O) groups is 1. The molecule has 0 fully saturated rings. The molecule has 4 heteroatoms. The maximum atomic E-state index is 12.4. The molecule has 0 spiro atoms. The summed E-state index contributed by atoms with van der Waals surface area (Å²) in [5.41, 5.74) is 1.93. The summed E-state index contributed by atoms with van der Waals surface area (Å²) in [6.07, 6.45) is 0.281. The van der Waals surface area contributed by atoms with E-state index in [2.05, 4.69) is 0 Å². The smallest absolute Gasteiger partial charge is 0.227 e. The van der Waals surface area contributed by atoms with E-state index in [4.69, 9.17) is 9.47 Å². The Hall–Kier alpha value is -2.49. The van der Waals surface area contributed by atoms with Crippen LogP contribution in [0.2, 0.25) is 0 Å². The first kappa shape index (κ1) is 15.9. The van der Waals surface area contributed by atoms with Crippen molar-refractivity contribution in [2.75, 3.05) is 21.3 Å². The lowest BCUT2D eigenvalue weighted by atomic mass is 10.1. The number of likely N-dealkylation sites (N-methyl/N-ethyl adjacent to an activating group) is 1. The molecule has 0 aliphatic rings. The molecule has 0 aromatic heterocycles. The Morgan fingerprint density at radius 2 is 1.77 bits per heavy atom. The van der Waals surface area contributed by atoms with Crippen LogP contribution in [-0.4, -0.2) is 32.1 Å². The summed E-state index contributed by atoms with van der Waals surface area (Å²) in [4.78, 5) is 14.1. The number of rotatable bonds is 6. The van der Waals surface area contributed by atoms with Crippen molar-refractivity contribution >= 4 is 5.91 Å². The second-order valence-electron chi connectivity index (χ2n) is 5.09. The topological polar surface area (TPSA) is 38.8 Å². The van der Waals surface area contributed by atoms with Gasteiger partial charge in [0, 0.05) is 19.2 Å². The molecule has 0 saturated heterocycles. The summed E-state index contributed by atoms with van der Waals surface area (Å²) in [5, 5.41) is 0. The third kappa shape index (κ3) is 4.01. The van der Waals surface area contributed by atoms with Gasteiger partial charge in [-0.1, -0.05) is 30.3 Å². The van der Waals surface area contributed by atoms with Gasteiger partial charge in [0.05, 0.1) is 20.6 Å². The molecule has 4 nitrogen and oxygen atoms in total. The first-order chi connectivity index (χ1) is 10.6. The molecule has 0 saturated carbocycles. The lowest BCUT2D eigenvalue weighted by Gasteiger charge is -2.18. The number of amides is 1. The minimum absolute atomic E-state index is 0.0374. The molecule has 0 aliphatic heterocycles. The fraction of sp³-hybridized carbons (Fsp3) is 0.278. The van der Waals surface area contributed by atoms with E-state index in [0.29, 0.717) is 18.0 Å². The molecule has 0 aliphatic carbocycles. The van der Waals surface area contributed by atoms with Gasteiger partial charge in [-0.05, 0) is 23.8 Å². The fourth-order valence-electron chi connectivity index (χ4n) is 2.26. The zero-order chi connectivity index (χ0) is 15.9. The molecule has 2 aromatic carbocycles. The quantitative estimate of drug-likeness (QED) is 0.823. The van der Waals surface area contributed by atoms with E-state index in [1.165, 1.54) is 0 Å². The van der Waals surface area contributed by atoms with Crippen LogP contribution in [0, 0.1) is 0 Å². The standard InChI is InChI=1S/C18H21NO3/c1-19(13-14-7-5-4-6-8-14)18(20)12-15-11-16(21-2)9-10-17(15)22-3/h4-11H,12-13H2,1-3H3. The molecule has 22 heavy (non-hydrogen) atoms. The largest absolute Gasteiger partial charge is 0.497 e. The number of ether oxygens (including phenoxy) is 2. The number of hydrogen-bond acceptors (Lipinski definition) is 3. The average Bonchev–Trinajstić information content (AvgIpc) is 2.55. The first-order valence-electron chi connectivity index (χ1n) is 7.13. The molecule has 0 heterocycles.